The van der Waals surface area contributed by atoms with Crippen LogP contribution in [-0.2, 0) is 11.2 Å². The molecular weight excluding hydrogens is 394 g/mol. The summed E-state index contributed by atoms with van der Waals surface area (Å²) in [6, 6.07) is 8.79. The lowest BCUT2D eigenvalue weighted by Crippen LogP contribution is -2.52. The highest BCUT2D eigenvalue weighted by Gasteiger charge is 2.26. The standard InChI is InChI=1S/C19H25N5O2S2/c1-13(2)17-22-23-18(28-17)21-16(25)15(12-14-6-4-3-5-7-14)20-19(26)24-8-10-27-11-9-24/h3-7,13,15H,8-12H2,1-2H3,(H,20,26)(H,21,23,25)/t15-/m0/s1. The zero-order valence-electron chi connectivity index (χ0n) is 16.1. The van der Waals surface area contributed by atoms with Crippen LogP contribution in [0.2, 0.25) is 0 Å². The van der Waals surface area contributed by atoms with Crippen LogP contribution in [-0.4, -0.2) is 57.7 Å². The first-order valence-electron chi connectivity index (χ1n) is 9.34. The molecule has 150 valence electrons. The second-order valence-electron chi connectivity index (χ2n) is 6.88. The van der Waals surface area contributed by atoms with E-state index >= 15 is 0 Å². The molecule has 1 aliphatic heterocycles. The Labute approximate surface area is 173 Å². The van der Waals surface area contributed by atoms with Gasteiger partial charge in [-0.1, -0.05) is 55.5 Å². The van der Waals surface area contributed by atoms with Crippen molar-refractivity contribution in [1.29, 1.82) is 0 Å². The molecular formula is C19H25N5O2S2. The highest BCUT2D eigenvalue weighted by molar-refractivity contribution is 7.99. The van der Waals surface area contributed by atoms with E-state index in [-0.39, 0.29) is 17.9 Å². The zero-order chi connectivity index (χ0) is 19.9. The van der Waals surface area contributed by atoms with Gasteiger partial charge in [0.25, 0.3) is 0 Å². The predicted molar refractivity (Wildman–Crippen MR) is 114 cm³/mol. The Morgan fingerprint density at radius 3 is 2.50 bits per heavy atom. The smallest absolute Gasteiger partial charge is 0.318 e. The number of anilines is 1. The number of aromatic nitrogens is 2. The van der Waals surface area contributed by atoms with Gasteiger partial charge in [0.2, 0.25) is 11.0 Å². The lowest BCUT2D eigenvalue weighted by atomic mass is 10.1. The molecule has 3 amide bonds. The maximum atomic E-state index is 12.9. The lowest BCUT2D eigenvalue weighted by Gasteiger charge is -2.28. The van der Waals surface area contributed by atoms with E-state index in [9.17, 15) is 9.59 Å². The third-order valence-electron chi connectivity index (χ3n) is 4.36. The van der Waals surface area contributed by atoms with Gasteiger partial charge >= 0.3 is 6.03 Å². The van der Waals surface area contributed by atoms with Gasteiger partial charge in [-0.3, -0.25) is 10.1 Å². The number of amides is 3. The second-order valence-corrected chi connectivity index (χ2v) is 9.11. The van der Waals surface area contributed by atoms with Crippen LogP contribution in [0.15, 0.2) is 30.3 Å². The average Bonchev–Trinajstić information content (AvgIpc) is 3.17. The van der Waals surface area contributed by atoms with E-state index in [4.69, 9.17) is 0 Å². The van der Waals surface area contributed by atoms with Crippen LogP contribution in [0.25, 0.3) is 0 Å². The van der Waals surface area contributed by atoms with Crippen molar-refractivity contribution in [3.05, 3.63) is 40.9 Å². The molecule has 1 saturated heterocycles. The van der Waals surface area contributed by atoms with E-state index in [0.717, 1.165) is 22.1 Å². The topological polar surface area (TPSA) is 87.2 Å². The third kappa shape index (κ3) is 5.68. The minimum absolute atomic E-state index is 0.198. The van der Waals surface area contributed by atoms with Crippen LogP contribution < -0.4 is 10.6 Å². The average molecular weight is 420 g/mol. The molecule has 2 heterocycles. The number of thioether (sulfide) groups is 1. The molecule has 0 aliphatic carbocycles. The molecule has 2 aromatic rings. The number of carbonyl (C=O) groups excluding carboxylic acids is 2. The summed E-state index contributed by atoms with van der Waals surface area (Å²) in [6.45, 7) is 5.46. The summed E-state index contributed by atoms with van der Waals surface area (Å²) < 4.78 is 0. The Balaban J connectivity index is 1.70. The largest absolute Gasteiger partial charge is 0.326 e. The number of hydrogen-bond acceptors (Lipinski definition) is 6. The number of nitrogens with zero attached hydrogens (tertiary/aromatic N) is 3. The van der Waals surface area contributed by atoms with Crippen LogP contribution in [0.5, 0.6) is 0 Å². The van der Waals surface area contributed by atoms with Crippen molar-refractivity contribution in [1.82, 2.24) is 20.4 Å². The van der Waals surface area contributed by atoms with Gasteiger partial charge in [0.1, 0.15) is 11.0 Å². The Morgan fingerprint density at radius 2 is 1.86 bits per heavy atom. The molecule has 1 aromatic carbocycles. The van der Waals surface area contributed by atoms with E-state index in [0.29, 0.717) is 24.6 Å². The van der Waals surface area contributed by atoms with Gasteiger partial charge in [-0.25, -0.2) is 4.79 Å². The van der Waals surface area contributed by atoms with Crippen LogP contribution in [0, 0.1) is 0 Å². The van der Waals surface area contributed by atoms with Crippen molar-refractivity contribution in [2.75, 3.05) is 29.9 Å². The summed E-state index contributed by atoms with van der Waals surface area (Å²) in [5, 5.41) is 15.2. The highest BCUT2D eigenvalue weighted by Crippen LogP contribution is 2.22. The van der Waals surface area contributed by atoms with Crippen molar-refractivity contribution in [2.45, 2.75) is 32.2 Å². The molecule has 1 fully saturated rings. The normalized spacial score (nSPS) is 15.3. The van der Waals surface area contributed by atoms with E-state index < -0.39 is 6.04 Å². The zero-order valence-corrected chi connectivity index (χ0v) is 17.7. The number of nitrogens with one attached hydrogen (secondary N) is 2. The minimum Gasteiger partial charge on any atom is -0.326 e. The fourth-order valence-corrected chi connectivity index (χ4v) is 4.43. The molecule has 9 heteroatoms. The van der Waals surface area contributed by atoms with E-state index in [1.54, 1.807) is 4.90 Å². The molecule has 0 spiro atoms. The molecule has 0 radical (unpaired) electrons. The first-order valence-corrected chi connectivity index (χ1v) is 11.3. The van der Waals surface area contributed by atoms with Crippen LogP contribution in [0.4, 0.5) is 9.93 Å². The molecule has 2 N–H and O–H groups in total. The van der Waals surface area contributed by atoms with E-state index in [1.807, 2.05) is 55.9 Å². The van der Waals surface area contributed by atoms with Gasteiger partial charge in [0.05, 0.1) is 0 Å². The van der Waals surface area contributed by atoms with Crippen molar-refractivity contribution in [3.8, 4) is 0 Å². The van der Waals surface area contributed by atoms with E-state index in [1.165, 1.54) is 11.3 Å². The summed E-state index contributed by atoms with van der Waals surface area (Å²) in [6.07, 6.45) is 0.414. The number of rotatable bonds is 6. The van der Waals surface area contributed by atoms with Crippen molar-refractivity contribution >= 4 is 40.2 Å². The molecule has 1 atom stereocenters. The predicted octanol–water partition coefficient (Wildman–Crippen LogP) is 2.97. The Hall–Kier alpha value is -2.13. The van der Waals surface area contributed by atoms with Gasteiger partial charge < -0.3 is 10.2 Å². The third-order valence-corrected chi connectivity index (χ3v) is 6.44. The van der Waals surface area contributed by atoms with Crippen LogP contribution in [0.1, 0.15) is 30.3 Å². The number of hydrogen-bond donors (Lipinski definition) is 2. The van der Waals surface area contributed by atoms with Crippen LogP contribution >= 0.6 is 23.1 Å². The summed E-state index contributed by atoms with van der Waals surface area (Å²) in [5.74, 6) is 1.81. The molecule has 3 rings (SSSR count). The number of carbonyl (C=O) groups is 2. The maximum Gasteiger partial charge on any atom is 0.318 e. The Morgan fingerprint density at radius 1 is 1.14 bits per heavy atom. The van der Waals surface area contributed by atoms with Gasteiger partial charge in [-0.2, -0.15) is 11.8 Å². The fourth-order valence-electron chi connectivity index (χ4n) is 2.78. The summed E-state index contributed by atoms with van der Waals surface area (Å²) >= 11 is 3.20. The van der Waals surface area contributed by atoms with Gasteiger partial charge in [-0.15, -0.1) is 10.2 Å². The quantitative estimate of drug-likeness (QED) is 0.752. The van der Waals surface area contributed by atoms with Gasteiger partial charge in [0.15, 0.2) is 0 Å². The second kappa shape index (κ2) is 9.88. The Bertz CT molecular complexity index is 791. The molecule has 1 aliphatic rings. The molecule has 0 bridgehead atoms. The van der Waals surface area contributed by atoms with Crippen LogP contribution in [0.3, 0.4) is 0 Å². The summed E-state index contributed by atoms with van der Waals surface area (Å²) in [7, 11) is 0. The van der Waals surface area contributed by atoms with Crippen molar-refractivity contribution in [3.63, 3.8) is 0 Å². The SMILES string of the molecule is CC(C)c1nnc(NC(=O)[C@H](Cc2ccccc2)NC(=O)N2CCSCC2)s1. The number of urea groups is 1. The summed E-state index contributed by atoms with van der Waals surface area (Å²) in [5.41, 5.74) is 0.984. The monoisotopic (exact) mass is 419 g/mol. The van der Waals surface area contributed by atoms with Gasteiger partial charge in [-0.05, 0) is 5.56 Å². The minimum atomic E-state index is -0.684. The first-order chi connectivity index (χ1) is 13.5. The summed E-state index contributed by atoms with van der Waals surface area (Å²) in [4.78, 5) is 27.3. The molecule has 0 saturated carbocycles. The van der Waals surface area contributed by atoms with Crippen molar-refractivity contribution in [2.24, 2.45) is 0 Å². The van der Waals surface area contributed by atoms with Gasteiger partial charge in [0, 0.05) is 36.9 Å². The molecule has 28 heavy (non-hydrogen) atoms. The Kier molecular flexibility index (Phi) is 7.27. The number of benzene rings is 1. The van der Waals surface area contributed by atoms with Crippen molar-refractivity contribution < 1.29 is 9.59 Å². The molecule has 7 nitrogen and oxygen atoms in total. The maximum absolute atomic E-state index is 12.9. The first kappa shape index (κ1) is 20.6. The van der Waals surface area contributed by atoms with E-state index in [2.05, 4.69) is 20.8 Å². The highest BCUT2D eigenvalue weighted by atomic mass is 32.2. The molecule has 0 unspecified atom stereocenters. The fraction of sp³-hybridized carbons (Fsp3) is 0.474. The lowest BCUT2D eigenvalue weighted by molar-refractivity contribution is -0.118. The molecule has 1 aromatic heterocycles.